The van der Waals surface area contributed by atoms with Gasteiger partial charge in [-0.1, -0.05) is 31.2 Å². The van der Waals surface area contributed by atoms with Gasteiger partial charge >= 0.3 is 0 Å². The number of rotatable bonds is 9. The summed E-state index contributed by atoms with van der Waals surface area (Å²) in [5.74, 6) is 1.28. The van der Waals surface area contributed by atoms with E-state index in [9.17, 15) is 8.42 Å². The number of nitrogens with zero attached hydrogens (tertiary/aromatic N) is 2. The normalized spacial score (nSPS) is 20.9. The molecule has 2 atom stereocenters. The third kappa shape index (κ3) is 7.56. The van der Waals surface area contributed by atoms with Crippen molar-refractivity contribution in [1.29, 1.82) is 0 Å². The summed E-state index contributed by atoms with van der Waals surface area (Å²) in [6.45, 7) is 15.7. The van der Waals surface area contributed by atoms with Crippen LogP contribution in [0, 0.1) is 5.92 Å². The van der Waals surface area contributed by atoms with E-state index < -0.39 is 10.0 Å². The van der Waals surface area contributed by atoms with Crippen LogP contribution in [0.15, 0.2) is 29.3 Å². The van der Waals surface area contributed by atoms with Crippen molar-refractivity contribution in [2.24, 2.45) is 10.9 Å². The fourth-order valence-corrected chi connectivity index (χ4v) is 5.22. The predicted octanol–water partition coefficient (Wildman–Crippen LogP) is 2.30. The fourth-order valence-electron chi connectivity index (χ4n) is 3.73. The van der Waals surface area contributed by atoms with Gasteiger partial charge in [-0.3, -0.25) is 4.90 Å². The number of likely N-dealkylation sites (tertiary alicyclic amines) is 1. The average molecular weight is 438 g/mol. The van der Waals surface area contributed by atoms with Crippen LogP contribution in [-0.4, -0.2) is 57.0 Å². The first kappa shape index (κ1) is 24.6. The van der Waals surface area contributed by atoms with Crippen LogP contribution in [0.2, 0.25) is 0 Å². The van der Waals surface area contributed by atoms with Crippen molar-refractivity contribution in [3.8, 4) is 0 Å². The maximum atomic E-state index is 12.4. The lowest BCUT2D eigenvalue weighted by Crippen LogP contribution is -2.46. The molecule has 0 amide bonds. The first-order chi connectivity index (χ1) is 14.1. The summed E-state index contributed by atoms with van der Waals surface area (Å²) in [5.41, 5.74) is 1.71. The number of benzene rings is 1. The molecule has 3 N–H and O–H groups in total. The zero-order chi connectivity index (χ0) is 22.3. The van der Waals surface area contributed by atoms with Crippen LogP contribution in [0.25, 0.3) is 0 Å². The summed E-state index contributed by atoms with van der Waals surface area (Å²) in [4.78, 5) is 7.24. The van der Waals surface area contributed by atoms with Crippen molar-refractivity contribution in [2.75, 3.05) is 19.6 Å². The van der Waals surface area contributed by atoms with E-state index in [0.29, 0.717) is 24.5 Å². The molecule has 1 fully saturated rings. The first-order valence-corrected chi connectivity index (χ1v) is 12.6. The van der Waals surface area contributed by atoms with Crippen molar-refractivity contribution < 1.29 is 8.42 Å². The first-order valence-electron chi connectivity index (χ1n) is 11.0. The molecule has 170 valence electrons. The van der Waals surface area contributed by atoms with Crippen LogP contribution in [-0.2, 0) is 22.3 Å². The Labute approximate surface area is 182 Å². The van der Waals surface area contributed by atoms with Crippen LogP contribution in [0.4, 0.5) is 0 Å². The Bertz CT molecular complexity index is 808. The summed E-state index contributed by atoms with van der Waals surface area (Å²) < 4.78 is 27.4. The summed E-state index contributed by atoms with van der Waals surface area (Å²) in [6.07, 6.45) is 0. The van der Waals surface area contributed by atoms with Crippen LogP contribution in [0.3, 0.4) is 0 Å². The van der Waals surface area contributed by atoms with Gasteiger partial charge in [0, 0.05) is 37.8 Å². The van der Waals surface area contributed by atoms with Crippen molar-refractivity contribution in [2.45, 2.75) is 72.0 Å². The lowest BCUT2D eigenvalue weighted by atomic mass is 10.1. The van der Waals surface area contributed by atoms with E-state index in [1.54, 1.807) is 0 Å². The lowest BCUT2D eigenvalue weighted by Gasteiger charge is -2.22. The van der Waals surface area contributed by atoms with E-state index in [1.807, 2.05) is 45.0 Å². The SMILES string of the molecule is CCNC(=NCc1ccccc1CS(=O)(=O)NC(C)C)NC1CN(C(C)C)CC1C. The average Bonchev–Trinajstić information content (AvgIpc) is 3.00. The molecule has 1 saturated heterocycles. The van der Waals surface area contributed by atoms with Gasteiger partial charge in [-0.05, 0) is 51.7 Å². The monoisotopic (exact) mass is 437 g/mol. The zero-order valence-electron chi connectivity index (χ0n) is 19.3. The Kier molecular flexibility index (Phi) is 9.12. The topological polar surface area (TPSA) is 85.8 Å². The molecule has 1 aromatic rings. The minimum absolute atomic E-state index is 0.0378. The molecule has 1 aliphatic rings. The zero-order valence-corrected chi connectivity index (χ0v) is 20.1. The number of nitrogens with one attached hydrogen (secondary N) is 3. The standard InChI is InChI=1S/C22H39N5O2S/c1-7-23-22(25-21-14-27(17(4)5)13-18(21)6)24-12-19-10-8-9-11-20(19)15-30(28,29)26-16(2)3/h8-11,16-18,21,26H,7,12-15H2,1-6H3,(H2,23,24,25). The Morgan fingerprint density at radius 3 is 2.40 bits per heavy atom. The minimum atomic E-state index is -3.38. The fraction of sp³-hybridized carbons (Fsp3) is 0.682. The van der Waals surface area contributed by atoms with Gasteiger partial charge in [0.1, 0.15) is 0 Å². The second kappa shape index (κ2) is 11.1. The third-order valence-corrected chi connectivity index (χ3v) is 6.85. The van der Waals surface area contributed by atoms with Gasteiger partial charge in [-0.25, -0.2) is 18.1 Å². The number of aliphatic imine (C=N–C) groups is 1. The Balaban J connectivity index is 2.11. The molecular formula is C22H39N5O2S. The summed E-state index contributed by atoms with van der Waals surface area (Å²) >= 11 is 0. The lowest BCUT2D eigenvalue weighted by molar-refractivity contribution is 0.265. The van der Waals surface area contributed by atoms with Gasteiger partial charge in [-0.15, -0.1) is 0 Å². The van der Waals surface area contributed by atoms with E-state index in [-0.39, 0.29) is 11.8 Å². The highest BCUT2D eigenvalue weighted by Gasteiger charge is 2.31. The smallest absolute Gasteiger partial charge is 0.216 e. The Morgan fingerprint density at radius 1 is 1.17 bits per heavy atom. The van der Waals surface area contributed by atoms with Gasteiger partial charge in [0.05, 0.1) is 12.3 Å². The van der Waals surface area contributed by atoms with E-state index >= 15 is 0 Å². The summed E-state index contributed by atoms with van der Waals surface area (Å²) in [5, 5.41) is 6.91. The highest BCUT2D eigenvalue weighted by atomic mass is 32.2. The minimum Gasteiger partial charge on any atom is -0.357 e. The highest BCUT2D eigenvalue weighted by Crippen LogP contribution is 2.19. The van der Waals surface area contributed by atoms with Crippen molar-refractivity contribution in [1.82, 2.24) is 20.3 Å². The largest absolute Gasteiger partial charge is 0.357 e. The van der Waals surface area contributed by atoms with Crippen LogP contribution in [0.5, 0.6) is 0 Å². The molecule has 1 heterocycles. The van der Waals surface area contributed by atoms with E-state index in [0.717, 1.165) is 36.7 Å². The van der Waals surface area contributed by atoms with Crippen LogP contribution < -0.4 is 15.4 Å². The molecule has 30 heavy (non-hydrogen) atoms. The number of hydrogen-bond donors (Lipinski definition) is 3. The van der Waals surface area contributed by atoms with E-state index in [1.165, 1.54) is 0 Å². The maximum Gasteiger partial charge on any atom is 0.216 e. The molecule has 2 rings (SSSR count). The second-order valence-electron chi connectivity index (χ2n) is 8.77. The quantitative estimate of drug-likeness (QED) is 0.408. The molecule has 0 bridgehead atoms. The maximum absolute atomic E-state index is 12.4. The van der Waals surface area contributed by atoms with Gasteiger partial charge in [-0.2, -0.15) is 0 Å². The van der Waals surface area contributed by atoms with Crippen molar-refractivity contribution in [3.63, 3.8) is 0 Å². The van der Waals surface area contributed by atoms with E-state index in [2.05, 4.69) is 41.0 Å². The predicted molar refractivity (Wildman–Crippen MR) is 125 cm³/mol. The molecule has 0 radical (unpaired) electrons. The third-order valence-electron chi connectivity index (χ3n) is 5.32. The number of hydrogen-bond acceptors (Lipinski definition) is 4. The molecule has 1 aromatic carbocycles. The van der Waals surface area contributed by atoms with Gasteiger partial charge < -0.3 is 10.6 Å². The molecule has 0 saturated carbocycles. The number of sulfonamides is 1. The summed E-state index contributed by atoms with van der Waals surface area (Å²) in [7, 11) is -3.38. The molecular weight excluding hydrogens is 398 g/mol. The Morgan fingerprint density at radius 2 is 1.83 bits per heavy atom. The second-order valence-corrected chi connectivity index (χ2v) is 10.5. The van der Waals surface area contributed by atoms with Crippen molar-refractivity contribution in [3.05, 3.63) is 35.4 Å². The van der Waals surface area contributed by atoms with Crippen molar-refractivity contribution >= 4 is 16.0 Å². The molecule has 1 aliphatic heterocycles. The molecule has 0 aliphatic carbocycles. The Hall–Kier alpha value is -1.64. The van der Waals surface area contributed by atoms with Gasteiger partial charge in [0.15, 0.2) is 5.96 Å². The van der Waals surface area contributed by atoms with Crippen LogP contribution >= 0.6 is 0 Å². The molecule has 0 spiro atoms. The molecule has 7 nitrogen and oxygen atoms in total. The van der Waals surface area contributed by atoms with Crippen LogP contribution in [0.1, 0.15) is 52.7 Å². The summed E-state index contributed by atoms with van der Waals surface area (Å²) in [6, 6.07) is 8.37. The van der Waals surface area contributed by atoms with Gasteiger partial charge in [0.2, 0.25) is 10.0 Å². The molecule has 8 heteroatoms. The van der Waals surface area contributed by atoms with Gasteiger partial charge in [0.25, 0.3) is 0 Å². The van der Waals surface area contributed by atoms with E-state index in [4.69, 9.17) is 4.99 Å². The highest BCUT2D eigenvalue weighted by molar-refractivity contribution is 7.88. The molecule has 0 aromatic heterocycles. The number of guanidine groups is 1. The molecule has 2 unspecified atom stereocenters.